The summed E-state index contributed by atoms with van der Waals surface area (Å²) in [6, 6.07) is 10.8. The van der Waals surface area contributed by atoms with Gasteiger partial charge in [-0.05, 0) is 18.4 Å². The Bertz CT molecular complexity index is 659. The number of rotatable bonds is 10. The lowest BCUT2D eigenvalue weighted by Gasteiger charge is -2.38. The van der Waals surface area contributed by atoms with Gasteiger partial charge in [-0.3, -0.25) is 14.7 Å². The lowest BCUT2D eigenvalue weighted by atomic mass is 9.76. The number of aliphatic imine (C=N–C) groups is 1. The van der Waals surface area contributed by atoms with Crippen molar-refractivity contribution in [2.75, 3.05) is 66.6 Å². The first-order valence-corrected chi connectivity index (χ1v) is 11.1. The number of hydrogen-bond acceptors (Lipinski definition) is 4. The molecule has 1 heterocycles. The molecular formula is C23H40IN5O2. The Hall–Kier alpha value is -1.39. The minimum Gasteiger partial charge on any atom is -0.383 e. The SMILES string of the molecule is CCC(CC)(CNC(=NC)N1CCN(CC(=O)NCCOC)CC1)c1ccccc1.I. The molecular weight excluding hydrogens is 505 g/mol. The Labute approximate surface area is 205 Å². The summed E-state index contributed by atoms with van der Waals surface area (Å²) in [5.74, 6) is 1.00. The Morgan fingerprint density at radius 1 is 1.10 bits per heavy atom. The Morgan fingerprint density at radius 3 is 2.29 bits per heavy atom. The van der Waals surface area contributed by atoms with E-state index < -0.39 is 0 Å². The van der Waals surface area contributed by atoms with Gasteiger partial charge in [-0.25, -0.2) is 0 Å². The Kier molecular flexibility index (Phi) is 13.0. The van der Waals surface area contributed by atoms with Gasteiger partial charge in [0.2, 0.25) is 5.91 Å². The van der Waals surface area contributed by atoms with Gasteiger partial charge in [0.25, 0.3) is 0 Å². The summed E-state index contributed by atoms with van der Waals surface area (Å²) in [4.78, 5) is 21.0. The monoisotopic (exact) mass is 545 g/mol. The molecule has 1 aliphatic heterocycles. The number of nitrogens with one attached hydrogen (secondary N) is 2. The third-order valence-electron chi connectivity index (χ3n) is 6.20. The molecule has 2 rings (SSSR count). The maximum atomic E-state index is 12.0. The molecule has 0 unspecified atom stereocenters. The van der Waals surface area contributed by atoms with Crippen LogP contribution in [0.2, 0.25) is 0 Å². The van der Waals surface area contributed by atoms with E-state index in [1.807, 2.05) is 7.05 Å². The molecule has 0 aromatic heterocycles. The van der Waals surface area contributed by atoms with Crippen LogP contribution in [0.3, 0.4) is 0 Å². The van der Waals surface area contributed by atoms with E-state index in [-0.39, 0.29) is 35.3 Å². The van der Waals surface area contributed by atoms with E-state index in [1.165, 1.54) is 5.56 Å². The number of hydrogen-bond donors (Lipinski definition) is 2. The molecule has 1 aromatic carbocycles. The molecule has 2 N–H and O–H groups in total. The zero-order valence-corrected chi connectivity index (χ0v) is 21.9. The largest absolute Gasteiger partial charge is 0.383 e. The molecule has 0 radical (unpaired) electrons. The number of piperazine rings is 1. The molecule has 1 aromatic rings. The van der Waals surface area contributed by atoms with Crippen molar-refractivity contribution in [1.82, 2.24) is 20.4 Å². The average molecular weight is 546 g/mol. The van der Waals surface area contributed by atoms with Gasteiger partial charge in [0, 0.05) is 58.8 Å². The van der Waals surface area contributed by atoms with Crippen LogP contribution in [0.5, 0.6) is 0 Å². The fourth-order valence-electron chi connectivity index (χ4n) is 4.05. The zero-order chi connectivity index (χ0) is 21.8. The van der Waals surface area contributed by atoms with Crippen molar-refractivity contribution in [1.29, 1.82) is 0 Å². The lowest BCUT2D eigenvalue weighted by molar-refractivity contribution is -0.122. The molecule has 0 atom stereocenters. The number of guanidine groups is 1. The summed E-state index contributed by atoms with van der Waals surface area (Å²) in [6.45, 7) is 10.3. The third-order valence-corrected chi connectivity index (χ3v) is 6.20. The molecule has 0 bridgehead atoms. The number of halogens is 1. The van der Waals surface area contributed by atoms with Gasteiger partial charge < -0.3 is 20.3 Å². The summed E-state index contributed by atoms with van der Waals surface area (Å²) in [6.07, 6.45) is 2.15. The smallest absolute Gasteiger partial charge is 0.234 e. The van der Waals surface area contributed by atoms with Gasteiger partial charge >= 0.3 is 0 Å². The quantitative estimate of drug-likeness (QED) is 0.205. The van der Waals surface area contributed by atoms with Crippen molar-refractivity contribution in [2.45, 2.75) is 32.1 Å². The van der Waals surface area contributed by atoms with Crippen LogP contribution in [-0.4, -0.2) is 88.2 Å². The second-order valence-electron chi connectivity index (χ2n) is 7.86. The fourth-order valence-corrected chi connectivity index (χ4v) is 4.05. The van der Waals surface area contributed by atoms with E-state index in [4.69, 9.17) is 4.74 Å². The van der Waals surface area contributed by atoms with Crippen molar-refractivity contribution < 1.29 is 9.53 Å². The number of ether oxygens (including phenoxy) is 1. The number of amides is 1. The zero-order valence-electron chi connectivity index (χ0n) is 19.5. The number of benzene rings is 1. The normalized spacial score (nSPS) is 15.4. The van der Waals surface area contributed by atoms with E-state index in [2.05, 4.69) is 69.6 Å². The predicted octanol–water partition coefficient (Wildman–Crippen LogP) is 2.32. The van der Waals surface area contributed by atoms with Crippen LogP contribution in [0.1, 0.15) is 32.3 Å². The molecule has 0 saturated carbocycles. The number of carbonyl (C=O) groups excluding carboxylic acids is 1. The second-order valence-corrected chi connectivity index (χ2v) is 7.86. The molecule has 1 saturated heterocycles. The summed E-state index contributed by atoms with van der Waals surface area (Å²) >= 11 is 0. The first kappa shape index (κ1) is 27.6. The summed E-state index contributed by atoms with van der Waals surface area (Å²) < 4.78 is 4.97. The molecule has 0 spiro atoms. The topological polar surface area (TPSA) is 69.2 Å². The van der Waals surface area contributed by atoms with Crippen LogP contribution in [0.25, 0.3) is 0 Å². The van der Waals surface area contributed by atoms with Gasteiger partial charge in [-0.2, -0.15) is 0 Å². The van der Waals surface area contributed by atoms with Crippen molar-refractivity contribution >= 4 is 35.8 Å². The van der Waals surface area contributed by atoms with Gasteiger partial charge in [0.1, 0.15) is 0 Å². The highest BCUT2D eigenvalue weighted by Gasteiger charge is 2.29. The van der Waals surface area contributed by atoms with Gasteiger partial charge in [0.15, 0.2) is 5.96 Å². The maximum absolute atomic E-state index is 12.0. The predicted molar refractivity (Wildman–Crippen MR) is 138 cm³/mol. The van der Waals surface area contributed by atoms with E-state index in [0.29, 0.717) is 19.7 Å². The number of methoxy groups -OCH3 is 1. The molecule has 1 fully saturated rings. The number of nitrogens with zero attached hydrogens (tertiary/aromatic N) is 3. The van der Waals surface area contributed by atoms with Crippen LogP contribution >= 0.6 is 24.0 Å². The molecule has 8 heteroatoms. The van der Waals surface area contributed by atoms with Crippen LogP contribution < -0.4 is 10.6 Å². The first-order chi connectivity index (χ1) is 14.6. The Morgan fingerprint density at radius 2 is 1.74 bits per heavy atom. The van der Waals surface area contributed by atoms with Crippen LogP contribution in [0.15, 0.2) is 35.3 Å². The van der Waals surface area contributed by atoms with Crippen molar-refractivity contribution in [3.05, 3.63) is 35.9 Å². The lowest BCUT2D eigenvalue weighted by Crippen LogP contribution is -2.55. The highest BCUT2D eigenvalue weighted by atomic mass is 127. The maximum Gasteiger partial charge on any atom is 0.234 e. The van der Waals surface area contributed by atoms with Crippen LogP contribution in [0, 0.1) is 0 Å². The van der Waals surface area contributed by atoms with Crippen LogP contribution in [-0.2, 0) is 14.9 Å². The summed E-state index contributed by atoms with van der Waals surface area (Å²) in [5.41, 5.74) is 1.47. The van der Waals surface area contributed by atoms with Crippen molar-refractivity contribution in [2.24, 2.45) is 4.99 Å². The van der Waals surface area contributed by atoms with E-state index in [1.54, 1.807) is 7.11 Å². The highest BCUT2D eigenvalue weighted by molar-refractivity contribution is 14.0. The van der Waals surface area contributed by atoms with Gasteiger partial charge in [-0.1, -0.05) is 44.2 Å². The summed E-state index contributed by atoms with van der Waals surface area (Å²) in [7, 11) is 3.48. The highest BCUT2D eigenvalue weighted by Crippen LogP contribution is 2.30. The standard InChI is InChI=1S/C23H39N5O2.HI/c1-5-23(6-2,20-10-8-7-9-11-20)19-26-22(24-3)28-15-13-27(14-16-28)18-21(29)25-12-17-30-4;/h7-11H,5-6,12-19H2,1-4H3,(H,24,26)(H,25,29);1H. The second kappa shape index (κ2) is 14.6. The Balaban J connectivity index is 0.00000480. The van der Waals surface area contributed by atoms with Crippen molar-refractivity contribution in [3.8, 4) is 0 Å². The third kappa shape index (κ3) is 8.23. The van der Waals surface area contributed by atoms with E-state index >= 15 is 0 Å². The molecule has 7 nitrogen and oxygen atoms in total. The van der Waals surface area contributed by atoms with Crippen LogP contribution in [0.4, 0.5) is 0 Å². The first-order valence-electron chi connectivity index (χ1n) is 11.1. The number of carbonyl (C=O) groups is 1. The fraction of sp³-hybridized carbons (Fsp3) is 0.652. The van der Waals surface area contributed by atoms with Gasteiger partial charge in [-0.15, -0.1) is 24.0 Å². The molecule has 31 heavy (non-hydrogen) atoms. The minimum atomic E-state index is 0. The molecule has 176 valence electrons. The van der Waals surface area contributed by atoms with E-state index in [0.717, 1.165) is 51.5 Å². The van der Waals surface area contributed by atoms with E-state index in [9.17, 15) is 4.79 Å². The molecule has 1 amide bonds. The molecule has 0 aliphatic carbocycles. The minimum absolute atomic E-state index is 0. The average Bonchev–Trinajstić information content (AvgIpc) is 2.79. The molecule has 1 aliphatic rings. The van der Waals surface area contributed by atoms with Gasteiger partial charge in [0.05, 0.1) is 13.2 Å². The van der Waals surface area contributed by atoms with Crippen molar-refractivity contribution in [3.63, 3.8) is 0 Å². The summed E-state index contributed by atoms with van der Waals surface area (Å²) in [5, 5.41) is 6.52.